The zero-order chi connectivity index (χ0) is 16.5. The third-order valence-corrected chi connectivity index (χ3v) is 3.50. The number of ether oxygens (including phenoxy) is 4. The first-order valence-corrected chi connectivity index (χ1v) is 7.96. The van der Waals surface area contributed by atoms with Crippen molar-refractivity contribution in [3.05, 3.63) is 17.7 Å². The van der Waals surface area contributed by atoms with Crippen molar-refractivity contribution in [3.8, 4) is 17.6 Å². The summed E-state index contributed by atoms with van der Waals surface area (Å²) in [4.78, 5) is 2.05. The molecule has 1 aliphatic rings. The smallest absolute Gasteiger partial charge is 0.163 e. The van der Waals surface area contributed by atoms with E-state index in [0.29, 0.717) is 56.7 Å². The third-order valence-electron chi connectivity index (χ3n) is 3.50. The van der Waals surface area contributed by atoms with Crippen molar-refractivity contribution in [1.29, 1.82) is 5.26 Å². The van der Waals surface area contributed by atoms with Crippen LogP contribution in [0, 0.1) is 11.3 Å². The molecule has 23 heavy (non-hydrogen) atoms. The molecule has 2 rings (SSSR count). The van der Waals surface area contributed by atoms with E-state index in [4.69, 9.17) is 18.9 Å². The van der Waals surface area contributed by atoms with Crippen LogP contribution in [0.3, 0.4) is 0 Å². The summed E-state index contributed by atoms with van der Waals surface area (Å²) in [7, 11) is 1.97. The van der Waals surface area contributed by atoms with Gasteiger partial charge in [-0.2, -0.15) is 5.26 Å². The van der Waals surface area contributed by atoms with Gasteiger partial charge < -0.3 is 23.8 Å². The Balaban J connectivity index is 2.27. The van der Waals surface area contributed by atoms with Crippen molar-refractivity contribution >= 4 is 5.69 Å². The fourth-order valence-electron chi connectivity index (χ4n) is 2.38. The zero-order valence-corrected chi connectivity index (χ0v) is 13.8. The van der Waals surface area contributed by atoms with Gasteiger partial charge in [-0.25, -0.2) is 0 Å². The van der Waals surface area contributed by atoms with E-state index < -0.39 is 0 Å². The van der Waals surface area contributed by atoms with Crippen LogP contribution in [0.25, 0.3) is 0 Å². The number of benzene rings is 1. The van der Waals surface area contributed by atoms with Gasteiger partial charge in [-0.3, -0.25) is 0 Å². The molecule has 0 radical (unpaired) electrons. The van der Waals surface area contributed by atoms with E-state index in [2.05, 4.69) is 17.9 Å². The minimum atomic E-state index is 0.408. The Morgan fingerprint density at radius 3 is 2.13 bits per heavy atom. The molecule has 1 aromatic carbocycles. The summed E-state index contributed by atoms with van der Waals surface area (Å²) < 4.78 is 22.4. The van der Waals surface area contributed by atoms with Gasteiger partial charge in [-0.15, -0.1) is 0 Å². The molecule has 126 valence electrons. The molecule has 0 fully saturated rings. The summed E-state index contributed by atoms with van der Waals surface area (Å²) >= 11 is 0. The highest BCUT2D eigenvalue weighted by molar-refractivity contribution is 5.66. The maximum atomic E-state index is 9.43. The van der Waals surface area contributed by atoms with Gasteiger partial charge in [0.25, 0.3) is 0 Å². The lowest BCUT2D eigenvalue weighted by Crippen LogP contribution is -2.20. The van der Waals surface area contributed by atoms with E-state index in [9.17, 15) is 5.26 Å². The second-order valence-corrected chi connectivity index (χ2v) is 5.27. The molecule has 1 heterocycles. The Labute approximate surface area is 137 Å². The number of nitrogens with zero attached hydrogens (tertiary/aromatic N) is 2. The van der Waals surface area contributed by atoms with Crippen LogP contribution in [-0.4, -0.2) is 53.2 Å². The first kappa shape index (κ1) is 17.4. The topological polar surface area (TPSA) is 64.0 Å². The molecule has 0 atom stereocenters. The quantitative estimate of drug-likeness (QED) is 0.851. The van der Waals surface area contributed by atoms with E-state index in [1.807, 2.05) is 13.1 Å². The fraction of sp³-hybridized carbons (Fsp3) is 0.588. The summed E-state index contributed by atoms with van der Waals surface area (Å²) in [6.07, 6.45) is 1.00. The SMILES string of the molecule is CCCN(C)c1cc2c(cc1C#N)OCCOCCOCCO2. The molecule has 0 aromatic heterocycles. The first-order valence-electron chi connectivity index (χ1n) is 7.96. The lowest BCUT2D eigenvalue weighted by molar-refractivity contribution is 0.0223. The van der Waals surface area contributed by atoms with E-state index in [-0.39, 0.29) is 0 Å². The summed E-state index contributed by atoms with van der Waals surface area (Å²) in [5.74, 6) is 1.20. The summed E-state index contributed by atoms with van der Waals surface area (Å²) in [6, 6.07) is 5.85. The van der Waals surface area contributed by atoms with Gasteiger partial charge in [0.1, 0.15) is 19.3 Å². The first-order chi connectivity index (χ1) is 11.3. The molecule has 6 nitrogen and oxygen atoms in total. The van der Waals surface area contributed by atoms with Crippen LogP contribution in [0.4, 0.5) is 5.69 Å². The van der Waals surface area contributed by atoms with E-state index in [1.165, 1.54) is 0 Å². The van der Waals surface area contributed by atoms with Crippen molar-refractivity contribution in [2.24, 2.45) is 0 Å². The maximum Gasteiger partial charge on any atom is 0.163 e. The second-order valence-electron chi connectivity index (χ2n) is 5.27. The van der Waals surface area contributed by atoms with Crippen molar-refractivity contribution in [3.63, 3.8) is 0 Å². The average molecular weight is 320 g/mol. The van der Waals surface area contributed by atoms with Crippen LogP contribution in [0.1, 0.15) is 18.9 Å². The molecule has 0 saturated heterocycles. The largest absolute Gasteiger partial charge is 0.487 e. The van der Waals surface area contributed by atoms with Gasteiger partial charge in [0.2, 0.25) is 0 Å². The number of rotatable bonds is 3. The number of anilines is 1. The van der Waals surface area contributed by atoms with E-state index in [1.54, 1.807) is 6.07 Å². The van der Waals surface area contributed by atoms with Crippen LogP contribution in [0.15, 0.2) is 12.1 Å². The summed E-state index contributed by atoms with van der Waals surface area (Å²) in [6.45, 7) is 5.86. The number of nitriles is 1. The van der Waals surface area contributed by atoms with Crippen LogP contribution < -0.4 is 14.4 Å². The van der Waals surface area contributed by atoms with Crippen LogP contribution in [-0.2, 0) is 9.47 Å². The zero-order valence-electron chi connectivity index (χ0n) is 13.8. The lowest BCUT2D eigenvalue weighted by Gasteiger charge is -2.22. The Kier molecular flexibility index (Phi) is 6.98. The normalized spacial score (nSPS) is 15.9. The average Bonchev–Trinajstić information content (AvgIpc) is 2.55. The molecule has 0 unspecified atom stereocenters. The molecule has 0 amide bonds. The van der Waals surface area contributed by atoms with E-state index in [0.717, 1.165) is 18.7 Å². The monoisotopic (exact) mass is 320 g/mol. The molecule has 0 N–H and O–H groups in total. The highest BCUT2D eigenvalue weighted by atomic mass is 16.6. The second kappa shape index (κ2) is 9.23. The van der Waals surface area contributed by atoms with Crippen molar-refractivity contribution in [2.75, 3.05) is 58.1 Å². The van der Waals surface area contributed by atoms with Gasteiger partial charge in [0.15, 0.2) is 11.5 Å². The highest BCUT2D eigenvalue weighted by Gasteiger charge is 2.15. The van der Waals surface area contributed by atoms with Crippen molar-refractivity contribution < 1.29 is 18.9 Å². The molecule has 0 saturated carbocycles. The van der Waals surface area contributed by atoms with Gasteiger partial charge in [-0.1, -0.05) is 6.92 Å². The number of hydrogen-bond donors (Lipinski definition) is 0. The Morgan fingerprint density at radius 2 is 1.57 bits per heavy atom. The standard InChI is InChI=1S/C17H24N2O4/c1-3-4-19(2)15-12-17-16(11-14(15)13-18)22-9-7-20-5-6-21-8-10-23-17/h11-12H,3-10H2,1-2H3. The molecule has 6 heteroatoms. The third kappa shape index (κ3) is 5.02. The molecule has 0 aliphatic carbocycles. The number of hydrogen-bond acceptors (Lipinski definition) is 6. The fourth-order valence-corrected chi connectivity index (χ4v) is 2.38. The molecule has 0 spiro atoms. The van der Waals surface area contributed by atoms with Crippen LogP contribution in [0.2, 0.25) is 0 Å². The van der Waals surface area contributed by atoms with E-state index >= 15 is 0 Å². The summed E-state index contributed by atoms with van der Waals surface area (Å²) in [5, 5.41) is 9.43. The van der Waals surface area contributed by atoms with Gasteiger partial charge in [-0.05, 0) is 6.42 Å². The molecule has 0 bridgehead atoms. The highest BCUT2D eigenvalue weighted by Crippen LogP contribution is 2.35. The molecule has 1 aromatic rings. The molecular formula is C17H24N2O4. The lowest BCUT2D eigenvalue weighted by atomic mass is 10.1. The van der Waals surface area contributed by atoms with Crippen LogP contribution in [0.5, 0.6) is 11.5 Å². The predicted octanol–water partition coefficient (Wildman–Crippen LogP) is 2.21. The Morgan fingerprint density at radius 1 is 1.00 bits per heavy atom. The van der Waals surface area contributed by atoms with Crippen molar-refractivity contribution in [2.45, 2.75) is 13.3 Å². The minimum absolute atomic E-state index is 0.408. The molecule has 1 aliphatic heterocycles. The summed E-state index contributed by atoms with van der Waals surface area (Å²) in [5.41, 5.74) is 1.42. The van der Waals surface area contributed by atoms with Gasteiger partial charge >= 0.3 is 0 Å². The Bertz CT molecular complexity index is 542. The van der Waals surface area contributed by atoms with Gasteiger partial charge in [0.05, 0.1) is 37.7 Å². The maximum absolute atomic E-state index is 9.43. The molecular weight excluding hydrogens is 296 g/mol. The Hall–Kier alpha value is -1.97. The van der Waals surface area contributed by atoms with Crippen molar-refractivity contribution in [1.82, 2.24) is 0 Å². The minimum Gasteiger partial charge on any atom is -0.487 e. The van der Waals surface area contributed by atoms with Gasteiger partial charge in [0, 0.05) is 25.7 Å². The number of fused-ring (bicyclic) bond motifs is 1. The predicted molar refractivity (Wildman–Crippen MR) is 87.3 cm³/mol. The van der Waals surface area contributed by atoms with Crippen LogP contribution >= 0.6 is 0 Å².